The number of hydrogen-bond donors (Lipinski definition) is 0. The first kappa shape index (κ1) is 22.2. The number of carbonyl (C=O) groups excluding carboxylic acids is 1. The molecule has 0 bridgehead atoms. The lowest BCUT2D eigenvalue weighted by Crippen LogP contribution is -2.41. The Balaban J connectivity index is 1.72. The van der Waals surface area contributed by atoms with Crippen LogP contribution in [0.15, 0.2) is 48.5 Å². The molecule has 1 fully saturated rings. The minimum atomic E-state index is 0.00323. The van der Waals surface area contributed by atoms with Crippen LogP contribution >= 0.6 is 0 Å². The highest BCUT2D eigenvalue weighted by molar-refractivity contribution is 5.94. The van der Waals surface area contributed by atoms with Gasteiger partial charge in [-0.05, 0) is 57.4 Å². The molecule has 0 atom stereocenters. The number of methoxy groups -OCH3 is 1. The van der Waals surface area contributed by atoms with Crippen LogP contribution in [0.5, 0.6) is 11.5 Å². The van der Waals surface area contributed by atoms with Crippen LogP contribution in [0.1, 0.15) is 49.5 Å². The maximum absolute atomic E-state index is 13.2. The minimum Gasteiger partial charge on any atom is -0.493 e. The lowest BCUT2D eigenvalue weighted by atomic mass is 10.1. The average Bonchev–Trinajstić information content (AvgIpc) is 2.78. The predicted octanol–water partition coefficient (Wildman–Crippen LogP) is 4.61. The van der Waals surface area contributed by atoms with E-state index in [-0.39, 0.29) is 12.0 Å². The van der Waals surface area contributed by atoms with Crippen molar-refractivity contribution >= 4 is 5.91 Å². The van der Waals surface area contributed by atoms with E-state index in [1.807, 2.05) is 60.4 Å². The van der Waals surface area contributed by atoms with Crippen LogP contribution in [-0.2, 0) is 6.54 Å². The fourth-order valence-electron chi connectivity index (χ4n) is 3.91. The molecule has 5 nitrogen and oxygen atoms in total. The highest BCUT2D eigenvalue weighted by Gasteiger charge is 2.24. The smallest absolute Gasteiger partial charge is 0.254 e. The molecular formula is C25H34N2O3. The van der Waals surface area contributed by atoms with Crippen molar-refractivity contribution < 1.29 is 14.3 Å². The Hall–Kier alpha value is -2.53. The van der Waals surface area contributed by atoms with Crippen LogP contribution < -0.4 is 9.47 Å². The van der Waals surface area contributed by atoms with Gasteiger partial charge in [0.15, 0.2) is 11.5 Å². The number of hydrogen-bond acceptors (Lipinski definition) is 4. The van der Waals surface area contributed by atoms with E-state index in [1.54, 1.807) is 7.11 Å². The van der Waals surface area contributed by atoms with Crippen LogP contribution in [0.2, 0.25) is 0 Å². The molecule has 5 heteroatoms. The fourth-order valence-corrected chi connectivity index (χ4v) is 3.91. The van der Waals surface area contributed by atoms with Gasteiger partial charge in [0.05, 0.1) is 7.11 Å². The quantitative estimate of drug-likeness (QED) is 0.637. The van der Waals surface area contributed by atoms with Gasteiger partial charge in [-0.1, -0.05) is 30.3 Å². The summed E-state index contributed by atoms with van der Waals surface area (Å²) in [5, 5.41) is 0. The van der Waals surface area contributed by atoms with E-state index in [2.05, 4.69) is 18.7 Å². The van der Waals surface area contributed by atoms with E-state index >= 15 is 0 Å². The Labute approximate surface area is 180 Å². The Bertz CT molecular complexity index is 814. The summed E-state index contributed by atoms with van der Waals surface area (Å²) in [5.74, 6) is 1.33. The van der Waals surface area contributed by atoms with E-state index in [0.29, 0.717) is 36.2 Å². The predicted molar refractivity (Wildman–Crippen MR) is 120 cm³/mol. The van der Waals surface area contributed by atoms with Gasteiger partial charge in [-0.2, -0.15) is 0 Å². The second kappa shape index (κ2) is 10.5. The molecular weight excluding hydrogens is 376 g/mol. The van der Waals surface area contributed by atoms with Gasteiger partial charge in [-0.15, -0.1) is 0 Å². The highest BCUT2D eigenvalue weighted by atomic mass is 16.5. The number of carbonyl (C=O) groups is 1. The second-order valence-electron chi connectivity index (χ2n) is 8.12. The minimum absolute atomic E-state index is 0.00323. The van der Waals surface area contributed by atoms with E-state index in [4.69, 9.17) is 9.47 Å². The van der Waals surface area contributed by atoms with Crippen molar-refractivity contribution in [2.75, 3.05) is 26.7 Å². The number of ether oxygens (including phenoxy) is 2. The van der Waals surface area contributed by atoms with Gasteiger partial charge >= 0.3 is 0 Å². The standard InChI is InChI=1S/C25H34N2O3/c1-5-26(18-20-9-7-6-8-10-20)25(28)21-11-12-23(29-4)24(17-21)30-22-13-15-27(16-14-22)19(2)3/h6-12,17,19,22H,5,13-16,18H2,1-4H3. The number of likely N-dealkylation sites (tertiary alicyclic amines) is 1. The summed E-state index contributed by atoms with van der Waals surface area (Å²) < 4.78 is 11.8. The number of benzene rings is 2. The molecule has 1 aliphatic rings. The molecule has 0 aromatic heterocycles. The Morgan fingerprint density at radius 3 is 2.40 bits per heavy atom. The van der Waals surface area contributed by atoms with Crippen molar-refractivity contribution in [1.82, 2.24) is 9.80 Å². The normalized spacial score (nSPS) is 15.2. The molecule has 0 radical (unpaired) electrons. The third-order valence-corrected chi connectivity index (χ3v) is 5.80. The zero-order valence-corrected chi connectivity index (χ0v) is 18.6. The summed E-state index contributed by atoms with van der Waals surface area (Å²) in [5.41, 5.74) is 1.75. The second-order valence-corrected chi connectivity index (χ2v) is 8.12. The average molecular weight is 411 g/mol. The molecule has 162 valence electrons. The van der Waals surface area contributed by atoms with Crippen molar-refractivity contribution in [3.05, 3.63) is 59.7 Å². The molecule has 0 unspecified atom stereocenters. The molecule has 0 spiro atoms. The summed E-state index contributed by atoms with van der Waals surface area (Å²) in [6.45, 7) is 9.76. The van der Waals surface area contributed by atoms with Gasteiger partial charge in [0, 0.05) is 37.8 Å². The lowest BCUT2D eigenvalue weighted by molar-refractivity contribution is 0.0744. The van der Waals surface area contributed by atoms with Crippen molar-refractivity contribution in [3.63, 3.8) is 0 Å². The van der Waals surface area contributed by atoms with Gasteiger partial charge in [0.1, 0.15) is 6.10 Å². The maximum atomic E-state index is 13.2. The molecule has 3 rings (SSSR count). The van der Waals surface area contributed by atoms with Gasteiger partial charge in [0.2, 0.25) is 0 Å². The Morgan fingerprint density at radius 2 is 1.80 bits per heavy atom. The molecule has 2 aromatic rings. The van der Waals surface area contributed by atoms with Gasteiger partial charge in [0.25, 0.3) is 5.91 Å². The molecule has 2 aromatic carbocycles. The fraction of sp³-hybridized carbons (Fsp3) is 0.480. The number of nitrogens with zero attached hydrogens (tertiary/aromatic N) is 2. The third kappa shape index (κ3) is 5.54. The number of amides is 1. The van der Waals surface area contributed by atoms with Gasteiger partial charge in [-0.25, -0.2) is 0 Å². The largest absolute Gasteiger partial charge is 0.493 e. The summed E-state index contributed by atoms with van der Waals surface area (Å²) in [6.07, 6.45) is 2.11. The first-order valence-corrected chi connectivity index (χ1v) is 10.9. The molecule has 1 saturated heterocycles. The van der Waals surface area contributed by atoms with Crippen LogP contribution in [0.3, 0.4) is 0 Å². The monoisotopic (exact) mass is 410 g/mol. The third-order valence-electron chi connectivity index (χ3n) is 5.80. The van der Waals surface area contributed by atoms with E-state index in [0.717, 1.165) is 31.5 Å². The van der Waals surface area contributed by atoms with Crippen molar-refractivity contribution in [1.29, 1.82) is 0 Å². The Morgan fingerprint density at radius 1 is 1.10 bits per heavy atom. The van der Waals surface area contributed by atoms with Gasteiger partial charge < -0.3 is 19.3 Å². The van der Waals surface area contributed by atoms with Crippen molar-refractivity contribution in [2.45, 2.75) is 52.3 Å². The molecule has 1 heterocycles. The van der Waals surface area contributed by atoms with Crippen LogP contribution in [0.4, 0.5) is 0 Å². The summed E-state index contributed by atoms with van der Waals surface area (Å²) in [6, 6.07) is 16.1. The summed E-state index contributed by atoms with van der Waals surface area (Å²) >= 11 is 0. The van der Waals surface area contributed by atoms with Gasteiger partial charge in [-0.3, -0.25) is 4.79 Å². The lowest BCUT2D eigenvalue weighted by Gasteiger charge is -2.34. The van der Waals surface area contributed by atoms with Crippen LogP contribution in [-0.4, -0.2) is 54.6 Å². The van der Waals surface area contributed by atoms with Crippen molar-refractivity contribution in [2.24, 2.45) is 0 Å². The number of rotatable bonds is 8. The zero-order valence-electron chi connectivity index (χ0n) is 18.6. The van der Waals surface area contributed by atoms with Crippen LogP contribution in [0, 0.1) is 0 Å². The topological polar surface area (TPSA) is 42.0 Å². The summed E-state index contributed by atoms with van der Waals surface area (Å²) in [7, 11) is 1.64. The molecule has 0 aliphatic carbocycles. The van der Waals surface area contributed by atoms with E-state index in [1.165, 1.54) is 0 Å². The molecule has 0 saturated carbocycles. The Kier molecular flexibility index (Phi) is 7.75. The first-order valence-electron chi connectivity index (χ1n) is 10.9. The van der Waals surface area contributed by atoms with Crippen molar-refractivity contribution in [3.8, 4) is 11.5 Å². The first-order chi connectivity index (χ1) is 14.5. The zero-order chi connectivity index (χ0) is 21.5. The molecule has 30 heavy (non-hydrogen) atoms. The van der Waals surface area contributed by atoms with E-state index < -0.39 is 0 Å². The molecule has 0 N–H and O–H groups in total. The van der Waals surface area contributed by atoms with E-state index in [9.17, 15) is 4.79 Å². The maximum Gasteiger partial charge on any atom is 0.254 e. The highest BCUT2D eigenvalue weighted by Crippen LogP contribution is 2.31. The van der Waals surface area contributed by atoms with Crippen LogP contribution in [0.25, 0.3) is 0 Å². The molecule has 1 aliphatic heterocycles. The number of piperidine rings is 1. The molecule has 1 amide bonds. The SMILES string of the molecule is CCN(Cc1ccccc1)C(=O)c1ccc(OC)c(OC2CCN(C(C)C)CC2)c1. The summed E-state index contributed by atoms with van der Waals surface area (Å²) in [4.78, 5) is 17.5.